The second-order valence-corrected chi connectivity index (χ2v) is 8.34. The molecular weight excluding hydrogens is 382 g/mol. The van der Waals surface area contributed by atoms with E-state index in [0.717, 1.165) is 22.0 Å². The number of carbonyl (C=O) groups excluding carboxylic acids is 1. The quantitative estimate of drug-likeness (QED) is 0.751. The molecule has 0 saturated carbocycles. The zero-order valence-corrected chi connectivity index (χ0v) is 17.6. The largest absolute Gasteiger partial charge is 0.497 e. The zero-order valence-electron chi connectivity index (χ0n) is 16.8. The number of thioether (sulfide) groups is 1. The number of aryl methyl sites for hydroxylation is 2. The van der Waals surface area contributed by atoms with Crippen molar-refractivity contribution in [3.63, 3.8) is 0 Å². The van der Waals surface area contributed by atoms with E-state index in [-0.39, 0.29) is 11.8 Å². The number of nitrogens with zero attached hydrogens (tertiary/aromatic N) is 3. The highest BCUT2D eigenvalue weighted by Gasteiger charge is 2.38. The fourth-order valence-corrected chi connectivity index (χ4v) is 4.96. The number of anilines is 1. The lowest BCUT2D eigenvalue weighted by atomic mass is 9.86. The number of ether oxygens (including phenoxy) is 1. The van der Waals surface area contributed by atoms with E-state index in [1.807, 2.05) is 24.3 Å². The monoisotopic (exact) mass is 405 g/mol. The summed E-state index contributed by atoms with van der Waals surface area (Å²) in [5.74, 6) is 1.26. The normalized spacial score (nSPS) is 19.1. The van der Waals surface area contributed by atoms with E-state index in [2.05, 4.69) is 43.0 Å². The van der Waals surface area contributed by atoms with Gasteiger partial charge in [-0.1, -0.05) is 30.0 Å². The first-order valence-corrected chi connectivity index (χ1v) is 10.5. The summed E-state index contributed by atoms with van der Waals surface area (Å²) in [7, 11) is 1.62. The molecule has 2 aliphatic rings. The van der Waals surface area contributed by atoms with E-state index in [1.54, 1.807) is 23.8 Å². The predicted molar refractivity (Wildman–Crippen MR) is 116 cm³/mol. The van der Waals surface area contributed by atoms with Crippen LogP contribution in [-0.2, 0) is 4.79 Å². The number of carbonyl (C=O) groups is 1. The van der Waals surface area contributed by atoms with E-state index in [1.165, 1.54) is 11.1 Å². The molecule has 1 atom stereocenters. The predicted octanol–water partition coefficient (Wildman–Crippen LogP) is 4.53. The first-order valence-electron chi connectivity index (χ1n) is 9.55. The van der Waals surface area contributed by atoms with E-state index in [9.17, 15) is 10.1 Å². The average molecular weight is 406 g/mol. The van der Waals surface area contributed by atoms with Gasteiger partial charge in [-0.05, 0) is 54.8 Å². The number of allylic oxidation sites excluding steroid dienone is 1. The van der Waals surface area contributed by atoms with Crippen LogP contribution in [0.5, 0.6) is 5.75 Å². The molecule has 2 aromatic rings. The molecule has 5 nitrogen and oxygen atoms in total. The highest BCUT2D eigenvalue weighted by molar-refractivity contribution is 8.03. The Balaban J connectivity index is 1.66. The van der Waals surface area contributed by atoms with Crippen molar-refractivity contribution in [2.75, 3.05) is 24.6 Å². The van der Waals surface area contributed by atoms with Crippen LogP contribution in [0.4, 0.5) is 5.69 Å². The third-order valence-electron chi connectivity index (χ3n) is 5.65. The minimum Gasteiger partial charge on any atom is -0.497 e. The lowest BCUT2D eigenvalue weighted by Crippen LogP contribution is -2.47. The van der Waals surface area contributed by atoms with Gasteiger partial charge in [-0.25, -0.2) is 0 Å². The highest BCUT2D eigenvalue weighted by Crippen LogP contribution is 2.43. The molecule has 0 spiro atoms. The van der Waals surface area contributed by atoms with Crippen molar-refractivity contribution < 1.29 is 9.53 Å². The fourth-order valence-electron chi connectivity index (χ4n) is 3.79. The maximum absolute atomic E-state index is 13.0. The number of hydrogen-bond acceptors (Lipinski definition) is 5. The van der Waals surface area contributed by atoms with Crippen molar-refractivity contribution in [1.82, 2.24) is 4.90 Å². The van der Waals surface area contributed by atoms with Gasteiger partial charge in [0.15, 0.2) is 0 Å². The van der Waals surface area contributed by atoms with Crippen LogP contribution in [-0.4, -0.2) is 30.5 Å². The molecule has 2 heterocycles. The fraction of sp³-hybridized carbons (Fsp3) is 0.304. The Morgan fingerprint density at radius 3 is 2.72 bits per heavy atom. The highest BCUT2D eigenvalue weighted by atomic mass is 32.2. The number of amides is 1. The summed E-state index contributed by atoms with van der Waals surface area (Å²) < 4.78 is 5.32. The van der Waals surface area contributed by atoms with Gasteiger partial charge in [-0.15, -0.1) is 0 Å². The van der Waals surface area contributed by atoms with Gasteiger partial charge < -0.3 is 9.64 Å². The summed E-state index contributed by atoms with van der Waals surface area (Å²) in [5, 5.41) is 10.7. The molecule has 0 unspecified atom stereocenters. The van der Waals surface area contributed by atoms with Crippen molar-refractivity contribution in [2.24, 2.45) is 0 Å². The number of methoxy groups -OCH3 is 1. The van der Waals surface area contributed by atoms with Crippen LogP contribution in [0.15, 0.2) is 53.1 Å². The molecule has 1 fully saturated rings. The molecule has 2 aromatic carbocycles. The SMILES string of the molecule is COc1cccc([C@H]2CC(=O)N3CN(c4ccc(C)c(C)c4)CSC3=C2C#N)c1. The number of hydrogen-bond donors (Lipinski definition) is 0. The molecule has 1 amide bonds. The molecule has 148 valence electrons. The van der Waals surface area contributed by atoms with Gasteiger partial charge in [0.05, 0.1) is 36.3 Å². The van der Waals surface area contributed by atoms with Gasteiger partial charge in [-0.3, -0.25) is 9.69 Å². The standard InChI is InChI=1S/C23H23N3O2S/c1-15-7-8-18(9-16(15)2)25-13-26-22(27)11-20(21(12-24)23(26)29-14-25)17-5-4-6-19(10-17)28-3/h4-10,20H,11,13-14H2,1-3H3/t20-/m1/s1. The molecule has 6 heteroatoms. The molecule has 2 aliphatic heterocycles. The minimum atomic E-state index is -0.227. The summed E-state index contributed by atoms with van der Waals surface area (Å²) in [6.45, 7) is 4.66. The van der Waals surface area contributed by atoms with E-state index in [4.69, 9.17) is 4.74 Å². The van der Waals surface area contributed by atoms with Gasteiger partial charge in [0.2, 0.25) is 5.91 Å². The Morgan fingerprint density at radius 1 is 1.17 bits per heavy atom. The molecule has 0 aromatic heterocycles. The Bertz CT molecular complexity index is 1040. The number of fused-ring (bicyclic) bond motifs is 1. The van der Waals surface area contributed by atoms with Crippen LogP contribution in [0, 0.1) is 25.2 Å². The summed E-state index contributed by atoms with van der Waals surface area (Å²) in [4.78, 5) is 17.0. The van der Waals surface area contributed by atoms with Crippen LogP contribution < -0.4 is 9.64 Å². The molecule has 0 aliphatic carbocycles. The van der Waals surface area contributed by atoms with Crippen molar-refractivity contribution in [2.45, 2.75) is 26.2 Å². The smallest absolute Gasteiger partial charge is 0.229 e. The molecule has 0 radical (unpaired) electrons. The molecule has 29 heavy (non-hydrogen) atoms. The topological polar surface area (TPSA) is 56.6 Å². The summed E-state index contributed by atoms with van der Waals surface area (Å²) in [6, 6.07) is 16.4. The van der Waals surface area contributed by atoms with Gasteiger partial charge in [0, 0.05) is 18.0 Å². The van der Waals surface area contributed by atoms with Crippen molar-refractivity contribution in [3.8, 4) is 11.8 Å². The molecule has 1 saturated heterocycles. The van der Waals surface area contributed by atoms with Gasteiger partial charge in [0.1, 0.15) is 5.75 Å². The maximum atomic E-state index is 13.0. The second kappa shape index (κ2) is 7.84. The molecule has 4 rings (SSSR count). The third kappa shape index (κ3) is 3.58. The Morgan fingerprint density at radius 2 is 2.00 bits per heavy atom. The van der Waals surface area contributed by atoms with E-state index >= 15 is 0 Å². The Labute approximate surface area is 175 Å². The van der Waals surface area contributed by atoms with E-state index < -0.39 is 0 Å². The lowest BCUT2D eigenvalue weighted by Gasteiger charge is -2.42. The minimum absolute atomic E-state index is 0.0489. The van der Waals surface area contributed by atoms with Gasteiger partial charge >= 0.3 is 0 Å². The zero-order chi connectivity index (χ0) is 20.5. The third-order valence-corrected chi connectivity index (χ3v) is 6.80. The van der Waals surface area contributed by atoms with Crippen molar-refractivity contribution in [1.29, 1.82) is 5.26 Å². The molecule has 0 bridgehead atoms. The number of benzene rings is 2. The first kappa shape index (κ1) is 19.4. The molecule has 0 N–H and O–H groups in total. The second-order valence-electron chi connectivity index (χ2n) is 7.41. The number of nitriles is 1. The van der Waals surface area contributed by atoms with Gasteiger partial charge in [0.25, 0.3) is 0 Å². The van der Waals surface area contributed by atoms with Crippen LogP contribution in [0.2, 0.25) is 0 Å². The Hall–Kier alpha value is -2.91. The number of rotatable bonds is 3. The van der Waals surface area contributed by atoms with Crippen LogP contribution in [0.3, 0.4) is 0 Å². The summed E-state index contributed by atoms with van der Waals surface area (Å²) in [6.07, 6.45) is 0.293. The Kier molecular flexibility index (Phi) is 5.25. The lowest BCUT2D eigenvalue weighted by molar-refractivity contribution is -0.129. The first-order chi connectivity index (χ1) is 14.0. The summed E-state index contributed by atoms with van der Waals surface area (Å²) in [5.41, 5.74) is 5.19. The van der Waals surface area contributed by atoms with Crippen LogP contribution in [0.1, 0.15) is 29.0 Å². The summed E-state index contributed by atoms with van der Waals surface area (Å²) >= 11 is 1.56. The maximum Gasteiger partial charge on any atom is 0.229 e. The van der Waals surface area contributed by atoms with Gasteiger partial charge in [-0.2, -0.15) is 5.26 Å². The average Bonchev–Trinajstić information content (AvgIpc) is 2.75. The molecular formula is C23H23N3O2S. The van der Waals surface area contributed by atoms with Crippen molar-refractivity contribution in [3.05, 3.63) is 69.8 Å². The van der Waals surface area contributed by atoms with Crippen LogP contribution >= 0.6 is 11.8 Å². The van der Waals surface area contributed by atoms with Crippen LogP contribution in [0.25, 0.3) is 0 Å². The van der Waals surface area contributed by atoms with Crippen molar-refractivity contribution >= 4 is 23.4 Å². The van der Waals surface area contributed by atoms with E-state index in [0.29, 0.717) is 24.5 Å².